The van der Waals surface area contributed by atoms with Crippen LogP contribution in [0.3, 0.4) is 0 Å². The first-order valence-electron chi connectivity index (χ1n) is 22.6. The van der Waals surface area contributed by atoms with Gasteiger partial charge in [-0.3, -0.25) is 23.7 Å². The molecule has 0 bridgehead atoms. The van der Waals surface area contributed by atoms with E-state index in [-0.39, 0.29) is 47.6 Å². The summed E-state index contributed by atoms with van der Waals surface area (Å²) in [5.74, 6) is -2.13. The number of nitrogens with one attached hydrogen (secondary N) is 4. The molecule has 69 heavy (non-hydrogen) atoms. The topological polar surface area (TPSA) is 225 Å². The van der Waals surface area contributed by atoms with E-state index in [2.05, 4.69) is 66.6 Å². The molecule has 2 heterocycles. The molecular weight excluding hydrogens is 897 g/mol. The Hall–Kier alpha value is -7.47. The number of ether oxygens (including phenoxy) is 2. The number of hydrogen-bond acceptors (Lipinski definition) is 12. The lowest BCUT2D eigenvalue weighted by molar-refractivity contribution is -0.142. The van der Waals surface area contributed by atoms with Crippen molar-refractivity contribution in [2.45, 2.75) is 56.6 Å². The molecule has 358 valence electrons. The molecule has 0 fully saturated rings. The number of fused-ring (bicyclic) bond motifs is 1. The molecule has 16 nitrogen and oxygen atoms in total. The first-order valence-corrected chi connectivity index (χ1v) is 24.1. The smallest absolute Gasteiger partial charge is 0.325 e. The lowest BCUT2D eigenvalue weighted by Crippen LogP contribution is -2.51. The largest absolute Gasteiger partial charge is 0.494 e. The molecule has 1 aromatic heterocycles. The van der Waals surface area contributed by atoms with Crippen LogP contribution < -0.4 is 31.1 Å². The van der Waals surface area contributed by atoms with Crippen LogP contribution in [0.4, 0.5) is 11.6 Å². The number of esters is 1. The molecule has 6 aromatic rings. The predicted octanol–water partition coefficient (Wildman–Crippen LogP) is 5.73. The van der Waals surface area contributed by atoms with E-state index in [9.17, 15) is 27.6 Å². The number of amides is 2. The van der Waals surface area contributed by atoms with E-state index in [1.165, 1.54) is 0 Å². The van der Waals surface area contributed by atoms with Crippen molar-refractivity contribution < 1.29 is 37.1 Å². The van der Waals surface area contributed by atoms with E-state index in [0.717, 1.165) is 29.4 Å². The minimum atomic E-state index is -4.37. The van der Waals surface area contributed by atoms with Crippen LogP contribution in [0.25, 0.3) is 0 Å². The Morgan fingerprint density at radius 3 is 2.04 bits per heavy atom. The zero-order valence-electron chi connectivity index (χ0n) is 38.9. The number of aliphatic imine (C=N–C) groups is 1. The maximum atomic E-state index is 13.8. The summed E-state index contributed by atoms with van der Waals surface area (Å²) in [7, 11) is -3.27. The van der Waals surface area contributed by atoms with E-state index in [0.29, 0.717) is 47.9 Å². The summed E-state index contributed by atoms with van der Waals surface area (Å²) >= 11 is 0. The number of sulfonamides is 1. The van der Waals surface area contributed by atoms with Gasteiger partial charge < -0.3 is 31.2 Å². The predicted molar refractivity (Wildman–Crippen MR) is 263 cm³/mol. The normalized spacial score (nSPS) is 14.0. The van der Waals surface area contributed by atoms with Crippen LogP contribution in [0.5, 0.6) is 5.75 Å². The van der Waals surface area contributed by atoms with Crippen molar-refractivity contribution >= 4 is 50.9 Å². The van der Waals surface area contributed by atoms with Gasteiger partial charge in [0.1, 0.15) is 23.0 Å². The maximum absolute atomic E-state index is 13.8. The summed E-state index contributed by atoms with van der Waals surface area (Å²) in [4.78, 5) is 61.7. The fourth-order valence-electron chi connectivity index (χ4n) is 8.65. The number of imidazole rings is 1. The molecule has 17 heteroatoms. The Kier molecular flexibility index (Phi) is 15.8. The van der Waals surface area contributed by atoms with E-state index in [4.69, 9.17) is 20.2 Å². The van der Waals surface area contributed by atoms with Gasteiger partial charge in [-0.1, -0.05) is 97.1 Å². The number of nitrogens with two attached hydrogens (primary N) is 1. The highest BCUT2D eigenvalue weighted by Gasteiger charge is 2.40. The highest BCUT2D eigenvalue weighted by atomic mass is 32.2. The number of ketones is 1. The van der Waals surface area contributed by atoms with Crippen LogP contribution in [0, 0.1) is 19.8 Å². The minimum Gasteiger partial charge on any atom is -0.494 e. The SMILES string of the molecule is COC(=O)[C@H](CNC(=O)C1=Nc2cc(CNc3nccn3C(c3ccccc3)(c3ccccc3)c3ccccc3)ccc2C(=O)[C@H]1C)NS(=O)(=O)c1c(C)cc(OCCCC(=O)NCCN)cc1C. The number of carbonyl (C=O) groups excluding carboxylic acids is 4. The molecule has 0 unspecified atom stereocenters. The average Bonchev–Trinajstić information content (AvgIpc) is 3.83. The molecule has 1 aliphatic heterocycles. The Morgan fingerprint density at radius 2 is 1.46 bits per heavy atom. The second-order valence-electron chi connectivity index (χ2n) is 16.6. The highest BCUT2D eigenvalue weighted by Crippen LogP contribution is 2.42. The number of nitrogens with zero attached hydrogens (tertiary/aromatic N) is 3. The van der Waals surface area contributed by atoms with Crippen LogP contribution in [0.15, 0.2) is 144 Å². The highest BCUT2D eigenvalue weighted by molar-refractivity contribution is 7.89. The van der Waals surface area contributed by atoms with Gasteiger partial charge in [0.2, 0.25) is 21.9 Å². The summed E-state index contributed by atoms with van der Waals surface area (Å²) in [5, 5.41) is 8.80. The minimum absolute atomic E-state index is 0.0825. The molecule has 0 spiro atoms. The summed E-state index contributed by atoms with van der Waals surface area (Å²) in [6.07, 6.45) is 4.37. The molecule has 2 amide bonds. The third-order valence-corrected chi connectivity index (χ3v) is 13.6. The average molecular weight is 953 g/mol. The second kappa shape index (κ2) is 22.1. The van der Waals surface area contributed by atoms with E-state index in [1.807, 2.05) is 66.9 Å². The monoisotopic (exact) mass is 952 g/mol. The van der Waals surface area contributed by atoms with Crippen LogP contribution >= 0.6 is 0 Å². The molecule has 5 aromatic carbocycles. The summed E-state index contributed by atoms with van der Waals surface area (Å²) in [6.45, 7) is 5.46. The fraction of sp³-hybridized carbons (Fsp3) is 0.269. The van der Waals surface area contributed by atoms with E-state index in [1.54, 1.807) is 51.2 Å². The van der Waals surface area contributed by atoms with Gasteiger partial charge in [-0.25, -0.2) is 18.4 Å². The summed E-state index contributed by atoms with van der Waals surface area (Å²) in [5.41, 5.74) is 9.65. The summed E-state index contributed by atoms with van der Waals surface area (Å²) < 4.78 is 42.9. The van der Waals surface area contributed by atoms with Gasteiger partial charge in [0, 0.05) is 50.6 Å². The molecule has 0 saturated carbocycles. The van der Waals surface area contributed by atoms with Gasteiger partial charge in [-0.15, -0.1) is 0 Å². The van der Waals surface area contributed by atoms with Gasteiger partial charge in [0.25, 0.3) is 5.91 Å². The Balaban J connectivity index is 1.07. The standard InChI is InChI=1S/C52H56N8O8S/c1-34-29-41(68-28-14-21-45(61)54-25-24-53)30-35(2)48(34)69(65,66)59-44(50(64)67-4)33-56-49(63)46-36(3)47(62)42-23-22-37(31-43(42)58-46)32-57-51-55-26-27-60(51)52(38-15-8-5-9-16-38,39-17-10-6-11-18-39)40-19-12-7-13-20-40/h5-13,15-20,22-23,26-27,29-31,36,44,59H,14,21,24-25,28,32-33,53H2,1-4H3,(H,54,61)(H,55,57)(H,56,63)/t36-,44-/m0/s1. The molecule has 2 atom stereocenters. The van der Waals surface area contributed by atoms with Crippen LogP contribution in [-0.4, -0.2) is 86.6 Å². The zero-order chi connectivity index (χ0) is 49.1. The van der Waals surface area contributed by atoms with Crippen LogP contribution in [-0.2, 0) is 41.2 Å². The molecular formula is C52H56N8O8S. The van der Waals surface area contributed by atoms with Crippen molar-refractivity contribution in [2.24, 2.45) is 16.6 Å². The molecule has 1 aliphatic rings. The molecule has 0 aliphatic carbocycles. The van der Waals surface area contributed by atoms with Gasteiger partial charge >= 0.3 is 5.97 Å². The third kappa shape index (κ3) is 11.0. The second-order valence-corrected chi connectivity index (χ2v) is 18.3. The van der Waals surface area contributed by atoms with Gasteiger partial charge in [0.15, 0.2) is 5.78 Å². The van der Waals surface area contributed by atoms with E-state index >= 15 is 0 Å². The lowest BCUT2D eigenvalue weighted by atomic mass is 9.76. The fourth-order valence-corrected chi connectivity index (χ4v) is 10.3. The first-order chi connectivity index (χ1) is 33.3. The number of aryl methyl sites for hydroxylation is 2. The first kappa shape index (κ1) is 49.4. The summed E-state index contributed by atoms with van der Waals surface area (Å²) in [6, 6.07) is 37.5. The van der Waals surface area contributed by atoms with Crippen molar-refractivity contribution in [3.8, 4) is 5.75 Å². The van der Waals surface area contributed by atoms with Crippen molar-refractivity contribution in [3.63, 3.8) is 0 Å². The number of carbonyl (C=O) groups is 4. The van der Waals surface area contributed by atoms with Gasteiger partial charge in [-0.2, -0.15) is 4.72 Å². The molecule has 0 radical (unpaired) electrons. The van der Waals surface area contributed by atoms with Crippen molar-refractivity contribution in [2.75, 3.05) is 38.7 Å². The van der Waals surface area contributed by atoms with Crippen molar-refractivity contribution in [1.29, 1.82) is 0 Å². The Morgan fingerprint density at radius 1 is 0.855 bits per heavy atom. The zero-order valence-corrected chi connectivity index (χ0v) is 39.7. The number of methoxy groups -OCH3 is 1. The van der Waals surface area contributed by atoms with Crippen LogP contribution in [0.1, 0.15) is 63.5 Å². The van der Waals surface area contributed by atoms with Gasteiger partial charge in [0.05, 0.1) is 30.2 Å². The molecule has 6 N–H and O–H groups in total. The van der Waals surface area contributed by atoms with Crippen molar-refractivity contribution in [1.82, 2.24) is 24.9 Å². The lowest BCUT2D eigenvalue weighted by Gasteiger charge is -2.38. The number of benzene rings is 5. The molecule has 7 rings (SSSR count). The number of anilines is 1. The Labute approximate surface area is 401 Å². The number of Topliss-reactive ketones (excluding diaryl/α,β-unsaturated/α-hetero) is 1. The van der Waals surface area contributed by atoms with Gasteiger partial charge in [-0.05, 0) is 84.8 Å². The number of aromatic nitrogens is 2. The number of rotatable bonds is 21. The quantitative estimate of drug-likeness (QED) is 0.0333. The van der Waals surface area contributed by atoms with Crippen molar-refractivity contribution in [3.05, 3.63) is 173 Å². The number of hydrogen-bond donors (Lipinski definition) is 5. The third-order valence-electron chi connectivity index (χ3n) is 11.9. The van der Waals surface area contributed by atoms with E-state index < -0.39 is 45.9 Å². The Bertz CT molecular complexity index is 2830. The van der Waals surface area contributed by atoms with Crippen LogP contribution in [0.2, 0.25) is 0 Å². The molecule has 0 saturated heterocycles. The maximum Gasteiger partial charge on any atom is 0.325 e.